The number of fused-ring (bicyclic) bond motifs is 1. The van der Waals surface area contributed by atoms with E-state index in [0.717, 1.165) is 59.0 Å². The second kappa shape index (κ2) is 10.7. The lowest BCUT2D eigenvalue weighted by molar-refractivity contribution is 0.415. The molecule has 8 nitrogen and oxygen atoms in total. The Kier molecular flexibility index (Phi) is 7.09. The van der Waals surface area contributed by atoms with Gasteiger partial charge in [-0.15, -0.1) is 0 Å². The number of nitrogens with two attached hydrogens (primary N) is 1. The van der Waals surface area contributed by atoms with E-state index in [1.54, 1.807) is 7.11 Å². The zero-order valence-corrected chi connectivity index (χ0v) is 20.2. The van der Waals surface area contributed by atoms with Crippen LogP contribution in [-0.4, -0.2) is 45.8 Å². The van der Waals surface area contributed by atoms with Gasteiger partial charge >= 0.3 is 0 Å². The largest absolute Gasteiger partial charge is 0.497 e. The summed E-state index contributed by atoms with van der Waals surface area (Å²) < 4.78 is 7.34. The Morgan fingerprint density at radius 3 is 2.66 bits per heavy atom. The quantitative estimate of drug-likeness (QED) is 0.281. The van der Waals surface area contributed by atoms with Gasteiger partial charge in [0, 0.05) is 24.3 Å². The number of rotatable bonds is 10. The van der Waals surface area contributed by atoms with Crippen molar-refractivity contribution in [1.82, 2.24) is 19.6 Å². The number of nitrogens with one attached hydrogen (secondary N) is 2. The third kappa shape index (κ3) is 5.07. The number of nitrogens with zero attached hydrogens (tertiary/aromatic N) is 4. The van der Waals surface area contributed by atoms with Crippen molar-refractivity contribution in [1.29, 1.82) is 0 Å². The van der Waals surface area contributed by atoms with Crippen molar-refractivity contribution in [2.45, 2.75) is 44.6 Å². The van der Waals surface area contributed by atoms with Gasteiger partial charge in [0.2, 0.25) is 5.95 Å². The molecule has 1 aliphatic rings. The highest BCUT2D eigenvalue weighted by molar-refractivity contribution is 5.91. The number of methoxy groups -OCH3 is 1. The van der Waals surface area contributed by atoms with E-state index in [1.807, 2.05) is 41.0 Å². The maximum Gasteiger partial charge on any atom is 0.223 e. The molecule has 1 fully saturated rings. The normalized spacial score (nSPS) is 13.9. The molecule has 8 heteroatoms. The van der Waals surface area contributed by atoms with Gasteiger partial charge in [0.25, 0.3) is 0 Å². The van der Waals surface area contributed by atoms with Crippen LogP contribution in [0.4, 0.5) is 11.8 Å². The minimum Gasteiger partial charge on any atom is -0.497 e. The number of benzene rings is 1. The van der Waals surface area contributed by atoms with Crippen LogP contribution in [0.5, 0.6) is 5.75 Å². The highest BCUT2D eigenvalue weighted by Crippen LogP contribution is 2.36. The van der Waals surface area contributed by atoms with E-state index in [9.17, 15) is 0 Å². The van der Waals surface area contributed by atoms with E-state index in [2.05, 4.69) is 33.8 Å². The fraction of sp³-hybridized carbons (Fsp3) is 0.370. The van der Waals surface area contributed by atoms with Crippen LogP contribution in [-0.2, 0) is 0 Å². The molecular formula is C27H33N7O. The van der Waals surface area contributed by atoms with E-state index in [1.165, 1.54) is 25.7 Å². The van der Waals surface area contributed by atoms with E-state index < -0.39 is 0 Å². The molecular weight excluding hydrogens is 438 g/mol. The molecule has 1 aliphatic carbocycles. The van der Waals surface area contributed by atoms with Gasteiger partial charge in [-0.05, 0) is 74.7 Å². The first-order valence-electron chi connectivity index (χ1n) is 12.5. The van der Waals surface area contributed by atoms with Gasteiger partial charge in [-0.2, -0.15) is 5.10 Å². The molecule has 0 unspecified atom stereocenters. The Balaban J connectivity index is 1.59. The van der Waals surface area contributed by atoms with Crippen molar-refractivity contribution in [3.8, 4) is 28.3 Å². The Hall–Kier alpha value is -3.65. The lowest BCUT2D eigenvalue weighted by atomic mass is 10.0. The van der Waals surface area contributed by atoms with Gasteiger partial charge in [0.1, 0.15) is 17.3 Å². The van der Waals surface area contributed by atoms with Crippen LogP contribution < -0.4 is 21.1 Å². The van der Waals surface area contributed by atoms with Gasteiger partial charge in [0.05, 0.1) is 23.9 Å². The third-order valence-corrected chi connectivity index (χ3v) is 6.56. The van der Waals surface area contributed by atoms with Crippen LogP contribution in [0.25, 0.3) is 28.0 Å². The maximum atomic E-state index is 5.66. The van der Waals surface area contributed by atoms with Crippen LogP contribution >= 0.6 is 0 Å². The molecule has 1 saturated carbocycles. The van der Waals surface area contributed by atoms with Crippen molar-refractivity contribution in [3.63, 3.8) is 0 Å². The van der Waals surface area contributed by atoms with Crippen LogP contribution in [0.15, 0.2) is 54.7 Å². The molecule has 182 valence electrons. The van der Waals surface area contributed by atoms with Gasteiger partial charge in [0.15, 0.2) is 0 Å². The number of pyridine rings is 1. The predicted octanol–water partition coefficient (Wildman–Crippen LogP) is 4.97. The summed E-state index contributed by atoms with van der Waals surface area (Å²) >= 11 is 0. The van der Waals surface area contributed by atoms with E-state index in [4.69, 9.17) is 20.6 Å². The molecule has 0 atom stereocenters. The number of anilines is 2. The van der Waals surface area contributed by atoms with Gasteiger partial charge in [-0.1, -0.05) is 18.9 Å². The molecule has 35 heavy (non-hydrogen) atoms. The van der Waals surface area contributed by atoms with Gasteiger partial charge in [-0.25, -0.2) is 14.5 Å². The molecule has 4 N–H and O–H groups in total. The summed E-state index contributed by atoms with van der Waals surface area (Å²) in [6.07, 6.45) is 8.68. The fourth-order valence-corrected chi connectivity index (χ4v) is 4.71. The van der Waals surface area contributed by atoms with Crippen molar-refractivity contribution < 1.29 is 4.74 Å². The predicted molar refractivity (Wildman–Crippen MR) is 141 cm³/mol. The summed E-state index contributed by atoms with van der Waals surface area (Å²) in [7, 11) is 1.67. The summed E-state index contributed by atoms with van der Waals surface area (Å²) in [6.45, 7) is 1.54. The first-order valence-corrected chi connectivity index (χ1v) is 12.5. The molecule has 0 spiro atoms. The molecule has 0 bridgehead atoms. The Bertz CT molecular complexity index is 1260. The van der Waals surface area contributed by atoms with Crippen molar-refractivity contribution in [2.75, 3.05) is 30.8 Å². The number of hydrogen-bond donors (Lipinski definition) is 3. The standard InChI is InChI=1S/C27H33N7O/c1-35-21-13-11-19(12-14-21)26-25(22-15-18-30-27(32-22)31-20-7-2-3-8-20)23-9-6-10-24(34(23)33-26)29-17-5-4-16-28/h6,9-15,18,20,29H,2-5,7-8,16-17,28H2,1H3,(H,30,31,32). The molecule has 1 aromatic carbocycles. The van der Waals surface area contributed by atoms with Crippen LogP contribution in [0.2, 0.25) is 0 Å². The Labute approximate surface area is 205 Å². The average molecular weight is 472 g/mol. The minimum atomic E-state index is 0.444. The molecule has 5 rings (SSSR count). The average Bonchev–Trinajstić information content (AvgIpc) is 3.55. The lowest BCUT2D eigenvalue weighted by Gasteiger charge is -2.12. The van der Waals surface area contributed by atoms with Crippen LogP contribution in [0.1, 0.15) is 38.5 Å². The van der Waals surface area contributed by atoms with Crippen molar-refractivity contribution in [2.24, 2.45) is 5.73 Å². The van der Waals surface area contributed by atoms with Gasteiger partial charge < -0.3 is 21.1 Å². The maximum absolute atomic E-state index is 5.66. The fourth-order valence-electron chi connectivity index (χ4n) is 4.71. The third-order valence-electron chi connectivity index (χ3n) is 6.56. The summed E-state index contributed by atoms with van der Waals surface area (Å²) in [6, 6.07) is 16.6. The highest BCUT2D eigenvalue weighted by atomic mass is 16.5. The molecule has 3 aromatic heterocycles. The topological polar surface area (TPSA) is 102 Å². The summed E-state index contributed by atoms with van der Waals surface area (Å²) in [4.78, 5) is 9.44. The monoisotopic (exact) mass is 471 g/mol. The highest BCUT2D eigenvalue weighted by Gasteiger charge is 2.21. The summed E-state index contributed by atoms with van der Waals surface area (Å²) in [5.74, 6) is 2.43. The van der Waals surface area contributed by atoms with E-state index in [0.29, 0.717) is 18.5 Å². The minimum absolute atomic E-state index is 0.444. The molecule has 0 radical (unpaired) electrons. The van der Waals surface area contributed by atoms with Crippen LogP contribution in [0, 0.1) is 0 Å². The molecule has 0 saturated heterocycles. The second-order valence-electron chi connectivity index (χ2n) is 8.97. The number of hydrogen-bond acceptors (Lipinski definition) is 7. The Morgan fingerprint density at radius 1 is 1.06 bits per heavy atom. The van der Waals surface area contributed by atoms with E-state index in [-0.39, 0.29) is 0 Å². The van der Waals surface area contributed by atoms with Crippen molar-refractivity contribution in [3.05, 3.63) is 54.7 Å². The number of ether oxygens (including phenoxy) is 1. The van der Waals surface area contributed by atoms with Crippen molar-refractivity contribution >= 4 is 17.3 Å². The smallest absolute Gasteiger partial charge is 0.223 e. The second-order valence-corrected chi connectivity index (χ2v) is 8.97. The number of unbranched alkanes of at least 4 members (excludes halogenated alkanes) is 1. The molecule has 0 amide bonds. The first-order chi connectivity index (χ1) is 17.3. The summed E-state index contributed by atoms with van der Waals surface area (Å²) in [5.41, 5.74) is 10.4. The first kappa shape index (κ1) is 23.1. The van der Waals surface area contributed by atoms with Crippen LogP contribution in [0.3, 0.4) is 0 Å². The molecule has 4 aromatic rings. The SMILES string of the molecule is COc1ccc(-c2nn3c(NCCCCN)cccc3c2-c2ccnc(NC3CCCC3)n2)cc1. The zero-order valence-electron chi connectivity index (χ0n) is 20.2. The zero-order chi connectivity index (χ0) is 24.0. The molecule has 3 heterocycles. The van der Waals surface area contributed by atoms with E-state index >= 15 is 0 Å². The Morgan fingerprint density at radius 2 is 1.89 bits per heavy atom. The summed E-state index contributed by atoms with van der Waals surface area (Å²) in [5, 5.41) is 12.1. The lowest BCUT2D eigenvalue weighted by Crippen LogP contribution is -2.16. The number of aromatic nitrogens is 4. The van der Waals surface area contributed by atoms with Gasteiger partial charge in [-0.3, -0.25) is 0 Å². The molecule has 0 aliphatic heterocycles.